The topological polar surface area (TPSA) is 37.8 Å². The Hall–Kier alpha value is -1.26. The van der Waals surface area contributed by atoms with Crippen molar-refractivity contribution < 1.29 is 0 Å². The number of hydrogen-bond acceptors (Lipinski definition) is 4. The molecule has 1 aliphatic carbocycles. The molecule has 0 aliphatic heterocycles. The third-order valence-electron chi connectivity index (χ3n) is 3.78. The zero-order valence-corrected chi connectivity index (χ0v) is 12.0. The highest BCUT2D eigenvalue weighted by Crippen LogP contribution is 2.41. The number of fused-ring (bicyclic) bond motifs is 1. The lowest BCUT2D eigenvalue weighted by molar-refractivity contribution is 0.442. The second-order valence-electron chi connectivity index (χ2n) is 5.03. The van der Waals surface area contributed by atoms with Gasteiger partial charge in [0.2, 0.25) is 0 Å². The predicted octanol–water partition coefficient (Wildman–Crippen LogP) is 3.31. The maximum Gasteiger partial charge on any atom is 0.0794 e. The van der Waals surface area contributed by atoms with E-state index in [9.17, 15) is 0 Å². The van der Waals surface area contributed by atoms with E-state index in [-0.39, 0.29) is 0 Å². The summed E-state index contributed by atoms with van der Waals surface area (Å²) in [6.45, 7) is 3.25. The van der Waals surface area contributed by atoms with Crippen LogP contribution in [-0.4, -0.2) is 16.5 Å². The molecule has 0 saturated carbocycles. The van der Waals surface area contributed by atoms with Crippen LogP contribution in [0.25, 0.3) is 0 Å². The van der Waals surface area contributed by atoms with Gasteiger partial charge in [-0.2, -0.15) is 0 Å². The van der Waals surface area contributed by atoms with Crippen molar-refractivity contribution in [2.45, 2.75) is 38.1 Å². The highest BCUT2D eigenvalue weighted by molar-refractivity contribution is 7.09. The quantitative estimate of drug-likeness (QED) is 0.908. The summed E-state index contributed by atoms with van der Waals surface area (Å²) in [4.78, 5) is 10.2. The summed E-state index contributed by atoms with van der Waals surface area (Å²) in [5.41, 5.74) is 4.62. The average Bonchev–Trinajstić information content (AvgIpc) is 3.09. The largest absolute Gasteiger partial charge is 0.309 e. The van der Waals surface area contributed by atoms with Crippen LogP contribution in [0.4, 0.5) is 0 Å². The van der Waals surface area contributed by atoms with E-state index in [1.807, 2.05) is 24.0 Å². The van der Waals surface area contributed by atoms with Gasteiger partial charge in [0.15, 0.2) is 0 Å². The molecule has 1 N–H and O–H groups in total. The normalized spacial score (nSPS) is 19.3. The number of aryl methyl sites for hydroxylation is 1. The van der Waals surface area contributed by atoms with Gasteiger partial charge in [0, 0.05) is 28.9 Å². The lowest BCUT2D eigenvalue weighted by Crippen LogP contribution is -2.26. The first-order valence-electron chi connectivity index (χ1n) is 6.95. The molecule has 100 valence electrons. The van der Waals surface area contributed by atoms with Gasteiger partial charge in [-0.3, -0.25) is 9.97 Å². The van der Waals surface area contributed by atoms with Crippen LogP contribution in [0.5, 0.6) is 0 Å². The van der Waals surface area contributed by atoms with Crippen LogP contribution in [0.15, 0.2) is 30.0 Å². The molecule has 2 heterocycles. The zero-order valence-electron chi connectivity index (χ0n) is 11.2. The van der Waals surface area contributed by atoms with Crippen LogP contribution >= 0.6 is 11.3 Å². The molecule has 2 atom stereocenters. The number of nitrogens with zero attached hydrogens (tertiary/aromatic N) is 2. The highest BCUT2D eigenvalue weighted by atomic mass is 32.1. The van der Waals surface area contributed by atoms with Crippen molar-refractivity contribution in [3.63, 3.8) is 0 Å². The van der Waals surface area contributed by atoms with Crippen LogP contribution in [-0.2, 0) is 6.42 Å². The molecule has 1 aliphatic rings. The van der Waals surface area contributed by atoms with E-state index in [4.69, 9.17) is 0 Å². The van der Waals surface area contributed by atoms with Crippen molar-refractivity contribution in [1.29, 1.82) is 0 Å². The van der Waals surface area contributed by atoms with Gasteiger partial charge in [-0.15, -0.1) is 11.3 Å². The first-order chi connectivity index (χ1) is 9.40. The van der Waals surface area contributed by atoms with Gasteiger partial charge in [0.25, 0.3) is 0 Å². The van der Waals surface area contributed by atoms with Crippen molar-refractivity contribution >= 4 is 11.3 Å². The van der Waals surface area contributed by atoms with Gasteiger partial charge in [0.1, 0.15) is 0 Å². The maximum atomic E-state index is 4.62. The molecular weight excluding hydrogens is 254 g/mol. The molecule has 2 unspecified atom stereocenters. The summed E-state index contributed by atoms with van der Waals surface area (Å²) in [5.74, 6) is 0.489. The van der Waals surface area contributed by atoms with Gasteiger partial charge in [-0.1, -0.05) is 13.0 Å². The van der Waals surface area contributed by atoms with Crippen molar-refractivity contribution in [3.05, 3.63) is 46.2 Å². The minimum absolute atomic E-state index is 0.364. The Morgan fingerprint density at radius 2 is 2.47 bits per heavy atom. The lowest BCUT2D eigenvalue weighted by atomic mass is 9.95. The molecule has 3 rings (SSSR count). The Balaban J connectivity index is 1.89. The number of thiazole rings is 1. The van der Waals surface area contributed by atoms with Gasteiger partial charge >= 0.3 is 0 Å². The molecule has 19 heavy (non-hydrogen) atoms. The summed E-state index contributed by atoms with van der Waals surface area (Å²) in [6.07, 6.45) is 7.40. The number of rotatable bonds is 5. The number of aromatic nitrogens is 2. The fraction of sp³-hybridized carbons (Fsp3) is 0.467. The second-order valence-corrected chi connectivity index (χ2v) is 5.95. The third kappa shape index (κ3) is 2.55. The Kier molecular flexibility index (Phi) is 3.89. The minimum Gasteiger partial charge on any atom is -0.309 e. The average molecular weight is 273 g/mol. The monoisotopic (exact) mass is 273 g/mol. The van der Waals surface area contributed by atoms with Crippen LogP contribution in [0.1, 0.15) is 47.9 Å². The van der Waals surface area contributed by atoms with Crippen LogP contribution in [0.2, 0.25) is 0 Å². The van der Waals surface area contributed by atoms with E-state index in [0.29, 0.717) is 12.0 Å². The standard InChI is InChI=1S/C15H19N3S/c1-2-7-17-15(13-9-16-10-19-13)12-6-5-11-4-3-8-18-14(11)12/h3-4,8-10,12,15,17H,2,5-7H2,1H3. The van der Waals surface area contributed by atoms with Gasteiger partial charge < -0.3 is 5.32 Å². The molecule has 0 radical (unpaired) electrons. The molecule has 0 fully saturated rings. The first-order valence-corrected chi connectivity index (χ1v) is 7.83. The first kappa shape index (κ1) is 12.8. The Morgan fingerprint density at radius 1 is 1.53 bits per heavy atom. The summed E-state index contributed by atoms with van der Waals surface area (Å²) in [7, 11) is 0. The molecular formula is C15H19N3S. The van der Waals surface area contributed by atoms with E-state index in [2.05, 4.69) is 28.3 Å². The predicted molar refractivity (Wildman–Crippen MR) is 78.4 cm³/mol. The van der Waals surface area contributed by atoms with E-state index >= 15 is 0 Å². The SMILES string of the molecule is CCCNC(c1cncs1)C1CCc2cccnc21. The van der Waals surface area contributed by atoms with Crippen molar-refractivity contribution in [3.8, 4) is 0 Å². The van der Waals surface area contributed by atoms with E-state index in [0.717, 1.165) is 19.4 Å². The van der Waals surface area contributed by atoms with Gasteiger partial charge in [-0.25, -0.2) is 0 Å². The van der Waals surface area contributed by atoms with Gasteiger partial charge in [0.05, 0.1) is 11.6 Å². The third-order valence-corrected chi connectivity index (χ3v) is 4.64. The van der Waals surface area contributed by atoms with Crippen LogP contribution in [0.3, 0.4) is 0 Å². The Morgan fingerprint density at radius 3 is 3.26 bits per heavy atom. The molecule has 2 aromatic heterocycles. The number of nitrogens with one attached hydrogen (secondary N) is 1. The molecule has 0 aromatic carbocycles. The van der Waals surface area contributed by atoms with E-state index in [1.54, 1.807) is 11.3 Å². The van der Waals surface area contributed by atoms with Crippen LogP contribution in [0, 0.1) is 0 Å². The van der Waals surface area contributed by atoms with E-state index in [1.165, 1.54) is 22.6 Å². The zero-order chi connectivity index (χ0) is 13.1. The smallest absolute Gasteiger partial charge is 0.0794 e. The Bertz CT molecular complexity index is 524. The van der Waals surface area contributed by atoms with Crippen molar-refractivity contribution in [2.24, 2.45) is 0 Å². The van der Waals surface area contributed by atoms with Crippen molar-refractivity contribution in [1.82, 2.24) is 15.3 Å². The molecule has 2 aromatic rings. The minimum atomic E-state index is 0.364. The van der Waals surface area contributed by atoms with Gasteiger partial charge in [-0.05, 0) is 37.4 Å². The van der Waals surface area contributed by atoms with Crippen molar-refractivity contribution in [2.75, 3.05) is 6.54 Å². The van der Waals surface area contributed by atoms with Crippen LogP contribution < -0.4 is 5.32 Å². The highest BCUT2D eigenvalue weighted by Gasteiger charge is 2.32. The molecule has 0 saturated heterocycles. The summed E-state index contributed by atoms with van der Waals surface area (Å²) >= 11 is 1.74. The summed E-state index contributed by atoms with van der Waals surface area (Å²) in [5, 5.41) is 3.69. The molecule has 0 amide bonds. The summed E-state index contributed by atoms with van der Waals surface area (Å²) < 4.78 is 0. The second kappa shape index (κ2) is 5.80. The fourth-order valence-electron chi connectivity index (χ4n) is 2.89. The van der Waals surface area contributed by atoms with E-state index < -0.39 is 0 Å². The maximum absolute atomic E-state index is 4.62. The number of hydrogen-bond donors (Lipinski definition) is 1. The molecule has 3 nitrogen and oxygen atoms in total. The molecule has 0 spiro atoms. The summed E-state index contributed by atoms with van der Waals surface area (Å²) in [6, 6.07) is 4.62. The molecule has 0 bridgehead atoms. The number of pyridine rings is 1. The fourth-order valence-corrected chi connectivity index (χ4v) is 3.65. The lowest BCUT2D eigenvalue weighted by Gasteiger charge is -2.23. The Labute approximate surface area is 118 Å². The molecule has 4 heteroatoms.